The summed E-state index contributed by atoms with van der Waals surface area (Å²) >= 11 is 0. The molecular weight excluding hydrogens is 220 g/mol. The normalized spacial score (nSPS) is 9.94. The third kappa shape index (κ3) is 2.54. The maximum atomic E-state index is 11.6. The highest BCUT2D eigenvalue weighted by atomic mass is 16.3. The van der Waals surface area contributed by atoms with Crippen LogP contribution in [0, 0.1) is 6.92 Å². The van der Waals surface area contributed by atoms with E-state index in [2.05, 4.69) is 27.6 Å². The molecule has 0 atom stereocenters. The quantitative estimate of drug-likeness (QED) is 0.692. The second-order valence-corrected chi connectivity index (χ2v) is 3.47. The van der Waals surface area contributed by atoms with Gasteiger partial charge in [0.15, 0.2) is 11.5 Å². The summed E-state index contributed by atoms with van der Waals surface area (Å²) in [6.45, 7) is 5.54. The zero-order chi connectivity index (χ0) is 12.3. The van der Waals surface area contributed by atoms with Crippen molar-refractivity contribution in [3.05, 3.63) is 48.2 Å². The number of nitrogens with one attached hydrogen (secondary N) is 3. The Hall–Kier alpha value is -2.50. The molecule has 0 fully saturated rings. The van der Waals surface area contributed by atoms with Gasteiger partial charge in [0.1, 0.15) is 0 Å². The minimum atomic E-state index is -0.345. The fourth-order valence-electron chi connectivity index (χ4n) is 1.24. The van der Waals surface area contributed by atoms with Gasteiger partial charge < -0.3 is 4.42 Å². The molecule has 2 rings (SSSR count). The molecule has 0 saturated heterocycles. The fraction of sp³-hybridized carbons (Fsp3) is 0.0909. The van der Waals surface area contributed by atoms with Gasteiger partial charge in [-0.3, -0.25) is 20.7 Å². The van der Waals surface area contributed by atoms with Gasteiger partial charge in [0.25, 0.3) is 5.91 Å². The number of carbonyl (C=O) groups is 1. The van der Waals surface area contributed by atoms with Crippen LogP contribution in [-0.2, 0) is 0 Å². The Morgan fingerprint density at radius 2 is 2.35 bits per heavy atom. The Bertz CT molecular complexity index is 527. The van der Waals surface area contributed by atoms with Crippen molar-refractivity contribution in [1.82, 2.24) is 21.0 Å². The van der Waals surface area contributed by atoms with Crippen molar-refractivity contribution in [2.75, 3.05) is 0 Å². The first-order chi connectivity index (χ1) is 8.16. The first kappa shape index (κ1) is 11.0. The standard InChI is InChI=1S/C11H12N4O2/c1-7-6-9(14-12-7)11(16)15-13-8(2)10-4-3-5-17-10/h3-6,13H,2H2,1H3,(H,12,14)(H,15,16). The molecule has 0 aromatic carbocycles. The molecule has 2 aromatic rings. The predicted octanol–water partition coefficient (Wildman–Crippen LogP) is 1.22. The van der Waals surface area contributed by atoms with Gasteiger partial charge in [0.05, 0.1) is 12.0 Å². The molecule has 0 bridgehead atoms. The monoisotopic (exact) mass is 232 g/mol. The SMILES string of the molecule is C=C(NNC(=O)c1cc(C)[nH]n1)c1ccco1. The van der Waals surface area contributed by atoms with E-state index in [-0.39, 0.29) is 5.91 Å². The molecule has 17 heavy (non-hydrogen) atoms. The zero-order valence-electron chi connectivity index (χ0n) is 9.28. The Kier molecular flexibility index (Phi) is 2.95. The Morgan fingerprint density at radius 1 is 1.53 bits per heavy atom. The molecule has 6 nitrogen and oxygen atoms in total. The van der Waals surface area contributed by atoms with E-state index in [4.69, 9.17) is 4.42 Å². The summed E-state index contributed by atoms with van der Waals surface area (Å²) in [5.41, 5.74) is 6.72. The van der Waals surface area contributed by atoms with E-state index in [0.29, 0.717) is 17.2 Å². The van der Waals surface area contributed by atoms with E-state index in [1.807, 2.05) is 6.92 Å². The highest BCUT2D eigenvalue weighted by Gasteiger charge is 2.09. The molecule has 2 aromatic heterocycles. The molecule has 0 saturated carbocycles. The van der Waals surface area contributed by atoms with Crippen LogP contribution in [0.2, 0.25) is 0 Å². The molecule has 6 heteroatoms. The van der Waals surface area contributed by atoms with Crippen molar-refractivity contribution in [3.8, 4) is 0 Å². The van der Waals surface area contributed by atoms with Gasteiger partial charge in [0, 0.05) is 5.69 Å². The summed E-state index contributed by atoms with van der Waals surface area (Å²) < 4.78 is 5.10. The number of hydrogen-bond donors (Lipinski definition) is 3. The lowest BCUT2D eigenvalue weighted by molar-refractivity contribution is 0.0937. The van der Waals surface area contributed by atoms with Gasteiger partial charge in [-0.05, 0) is 25.1 Å². The van der Waals surface area contributed by atoms with Crippen LogP contribution in [0.4, 0.5) is 0 Å². The average Bonchev–Trinajstić information content (AvgIpc) is 2.95. The number of H-pyrrole nitrogens is 1. The molecule has 0 aliphatic carbocycles. The molecule has 0 aliphatic rings. The minimum Gasteiger partial charge on any atom is -0.463 e. The third-order valence-corrected chi connectivity index (χ3v) is 2.08. The van der Waals surface area contributed by atoms with Crippen LogP contribution in [0.5, 0.6) is 0 Å². The first-order valence-electron chi connectivity index (χ1n) is 4.98. The lowest BCUT2D eigenvalue weighted by Gasteiger charge is -2.07. The summed E-state index contributed by atoms with van der Waals surface area (Å²) in [5, 5.41) is 6.51. The Balaban J connectivity index is 1.91. The van der Waals surface area contributed by atoms with Crippen LogP contribution in [0.3, 0.4) is 0 Å². The van der Waals surface area contributed by atoms with E-state index >= 15 is 0 Å². The number of aromatic amines is 1. The number of amides is 1. The van der Waals surface area contributed by atoms with Crippen molar-refractivity contribution in [2.45, 2.75) is 6.92 Å². The van der Waals surface area contributed by atoms with Crippen molar-refractivity contribution < 1.29 is 9.21 Å². The number of nitrogens with zero attached hydrogens (tertiary/aromatic N) is 1. The number of furan rings is 1. The van der Waals surface area contributed by atoms with Gasteiger partial charge in [-0.2, -0.15) is 5.10 Å². The van der Waals surface area contributed by atoms with Gasteiger partial charge in [-0.15, -0.1) is 0 Å². The summed E-state index contributed by atoms with van der Waals surface area (Å²) in [5.74, 6) is 0.213. The summed E-state index contributed by atoms with van der Waals surface area (Å²) in [6.07, 6.45) is 1.53. The number of rotatable bonds is 4. The lowest BCUT2D eigenvalue weighted by Crippen LogP contribution is -2.35. The molecule has 88 valence electrons. The van der Waals surface area contributed by atoms with Gasteiger partial charge in [-0.1, -0.05) is 6.58 Å². The molecule has 1 amide bonds. The van der Waals surface area contributed by atoms with Gasteiger partial charge in [0.2, 0.25) is 0 Å². The van der Waals surface area contributed by atoms with E-state index in [1.54, 1.807) is 18.2 Å². The molecule has 0 aliphatic heterocycles. The smallest absolute Gasteiger partial charge is 0.290 e. The lowest BCUT2D eigenvalue weighted by atomic mass is 10.3. The molecule has 2 heterocycles. The molecule has 3 N–H and O–H groups in total. The molecular formula is C11H12N4O2. The molecule has 0 radical (unpaired) electrons. The van der Waals surface area contributed by atoms with Crippen molar-refractivity contribution in [3.63, 3.8) is 0 Å². The molecule has 0 spiro atoms. The average molecular weight is 232 g/mol. The van der Waals surface area contributed by atoms with E-state index < -0.39 is 0 Å². The minimum absolute atomic E-state index is 0.308. The third-order valence-electron chi connectivity index (χ3n) is 2.08. The van der Waals surface area contributed by atoms with E-state index in [1.165, 1.54) is 6.26 Å². The van der Waals surface area contributed by atoms with Crippen molar-refractivity contribution in [2.24, 2.45) is 0 Å². The van der Waals surface area contributed by atoms with Crippen LogP contribution in [0.1, 0.15) is 21.9 Å². The number of carbonyl (C=O) groups excluding carboxylic acids is 1. The Labute approximate surface area is 97.7 Å². The first-order valence-corrected chi connectivity index (χ1v) is 4.98. The van der Waals surface area contributed by atoms with Crippen molar-refractivity contribution in [1.29, 1.82) is 0 Å². The maximum absolute atomic E-state index is 11.6. The van der Waals surface area contributed by atoms with Crippen LogP contribution in [0.15, 0.2) is 35.5 Å². The topological polar surface area (TPSA) is 83.0 Å². The summed E-state index contributed by atoms with van der Waals surface area (Å²) in [4.78, 5) is 11.6. The van der Waals surface area contributed by atoms with Crippen LogP contribution in [0.25, 0.3) is 5.70 Å². The number of aryl methyl sites for hydroxylation is 1. The largest absolute Gasteiger partial charge is 0.463 e. The highest BCUT2D eigenvalue weighted by Crippen LogP contribution is 2.08. The second kappa shape index (κ2) is 4.56. The number of hydrogen-bond acceptors (Lipinski definition) is 4. The van der Waals surface area contributed by atoms with Crippen LogP contribution >= 0.6 is 0 Å². The van der Waals surface area contributed by atoms with E-state index in [0.717, 1.165) is 5.69 Å². The second-order valence-electron chi connectivity index (χ2n) is 3.47. The van der Waals surface area contributed by atoms with Crippen LogP contribution in [-0.4, -0.2) is 16.1 Å². The number of hydrazine groups is 1. The van der Waals surface area contributed by atoms with Gasteiger partial charge in [-0.25, -0.2) is 0 Å². The number of aromatic nitrogens is 2. The molecule has 0 unspecified atom stereocenters. The predicted molar refractivity (Wildman–Crippen MR) is 61.7 cm³/mol. The zero-order valence-corrected chi connectivity index (χ0v) is 9.28. The Morgan fingerprint density at radius 3 is 2.94 bits per heavy atom. The van der Waals surface area contributed by atoms with Crippen molar-refractivity contribution >= 4 is 11.6 Å². The van der Waals surface area contributed by atoms with Gasteiger partial charge >= 0.3 is 0 Å². The van der Waals surface area contributed by atoms with Crippen LogP contribution < -0.4 is 10.9 Å². The summed E-state index contributed by atoms with van der Waals surface area (Å²) in [6, 6.07) is 5.12. The van der Waals surface area contributed by atoms with E-state index in [9.17, 15) is 4.79 Å². The fourth-order valence-corrected chi connectivity index (χ4v) is 1.24. The summed E-state index contributed by atoms with van der Waals surface area (Å²) in [7, 11) is 0. The maximum Gasteiger partial charge on any atom is 0.290 e. The highest BCUT2D eigenvalue weighted by molar-refractivity contribution is 5.92.